The Bertz CT molecular complexity index is 446. The number of rotatable bonds is 5. The summed E-state index contributed by atoms with van der Waals surface area (Å²) in [5.74, 6) is 0.905. The molecule has 0 atom stereocenters. The number of benzene rings is 1. The highest BCUT2D eigenvalue weighted by Crippen LogP contribution is 2.22. The van der Waals surface area contributed by atoms with Gasteiger partial charge in [0.15, 0.2) is 0 Å². The van der Waals surface area contributed by atoms with Crippen molar-refractivity contribution in [2.45, 2.75) is 27.3 Å². The van der Waals surface area contributed by atoms with Crippen molar-refractivity contribution in [2.24, 2.45) is 5.41 Å². The van der Waals surface area contributed by atoms with Crippen LogP contribution in [0.1, 0.15) is 25.0 Å². The van der Waals surface area contributed by atoms with Crippen molar-refractivity contribution in [3.63, 3.8) is 0 Å². The number of nitrogens with zero attached hydrogens (tertiary/aromatic N) is 2. The summed E-state index contributed by atoms with van der Waals surface area (Å²) in [5, 5.41) is 9.05. The molecule has 0 heterocycles. The van der Waals surface area contributed by atoms with Gasteiger partial charge >= 0.3 is 0 Å². The van der Waals surface area contributed by atoms with E-state index in [9.17, 15) is 0 Å². The summed E-state index contributed by atoms with van der Waals surface area (Å²) in [7, 11) is 3.72. The Morgan fingerprint density at radius 2 is 2.06 bits per heavy atom. The van der Waals surface area contributed by atoms with Gasteiger partial charge in [-0.25, -0.2) is 0 Å². The molecule has 1 rings (SSSR count). The van der Waals surface area contributed by atoms with Gasteiger partial charge in [0, 0.05) is 18.7 Å². The minimum absolute atomic E-state index is 0.328. The zero-order valence-corrected chi connectivity index (χ0v) is 11.9. The predicted octanol–water partition coefficient (Wildman–Crippen LogP) is 2.99. The lowest BCUT2D eigenvalue weighted by molar-refractivity contribution is 0.245. The van der Waals surface area contributed by atoms with Crippen LogP contribution < -0.4 is 4.74 Å². The van der Waals surface area contributed by atoms with E-state index in [4.69, 9.17) is 10.00 Å². The van der Waals surface area contributed by atoms with E-state index in [2.05, 4.69) is 24.0 Å². The molecule has 3 heteroatoms. The van der Waals surface area contributed by atoms with Crippen LogP contribution in [0.3, 0.4) is 0 Å². The second-order valence-electron chi connectivity index (χ2n) is 5.48. The number of hydrogen-bond donors (Lipinski definition) is 0. The maximum atomic E-state index is 9.05. The maximum absolute atomic E-state index is 9.05. The zero-order chi connectivity index (χ0) is 13.8. The molecule has 0 aliphatic rings. The van der Waals surface area contributed by atoms with Gasteiger partial charge in [0.05, 0.1) is 18.6 Å². The zero-order valence-electron chi connectivity index (χ0n) is 11.9. The van der Waals surface area contributed by atoms with Gasteiger partial charge in [0.2, 0.25) is 0 Å². The highest BCUT2D eigenvalue weighted by Gasteiger charge is 2.19. The summed E-state index contributed by atoms with van der Waals surface area (Å²) in [6.07, 6.45) is 0. The summed E-state index contributed by atoms with van der Waals surface area (Å²) in [4.78, 5) is 2.15. The maximum Gasteiger partial charge on any atom is 0.123 e. The number of nitriles is 1. The number of hydrogen-bond acceptors (Lipinski definition) is 3. The summed E-state index contributed by atoms with van der Waals surface area (Å²) in [6.45, 7) is 7.51. The fourth-order valence-electron chi connectivity index (χ4n) is 2.09. The second kappa shape index (κ2) is 5.88. The van der Waals surface area contributed by atoms with Crippen molar-refractivity contribution in [1.29, 1.82) is 5.26 Å². The van der Waals surface area contributed by atoms with Crippen LogP contribution in [0.5, 0.6) is 5.75 Å². The first kappa shape index (κ1) is 14.5. The average Bonchev–Trinajstić information content (AvgIpc) is 2.28. The predicted molar refractivity (Wildman–Crippen MR) is 73.5 cm³/mol. The molecule has 0 fully saturated rings. The van der Waals surface area contributed by atoms with Gasteiger partial charge in [0.1, 0.15) is 5.75 Å². The molecular weight excluding hydrogens is 224 g/mol. The molecule has 1 aromatic carbocycles. The van der Waals surface area contributed by atoms with Crippen LogP contribution in [0.2, 0.25) is 0 Å². The molecule has 0 aromatic heterocycles. The summed E-state index contributed by atoms with van der Waals surface area (Å²) in [6, 6.07) is 8.50. The first-order chi connectivity index (χ1) is 8.38. The summed E-state index contributed by atoms with van der Waals surface area (Å²) in [5.41, 5.74) is 2.05. The smallest absolute Gasteiger partial charge is 0.123 e. The first-order valence-corrected chi connectivity index (χ1v) is 6.11. The molecular formula is C15H22N2O. The van der Waals surface area contributed by atoms with Crippen LogP contribution in [-0.2, 0) is 6.54 Å². The molecule has 0 N–H and O–H groups in total. The molecule has 0 saturated heterocycles. The van der Waals surface area contributed by atoms with Gasteiger partial charge < -0.3 is 9.64 Å². The standard InChI is InChI=1S/C15H22N2O/c1-12-6-7-14(18-5)13(8-12)9-17(4)11-15(2,3)10-16/h6-8H,9,11H2,1-5H3. The Labute approximate surface area is 110 Å². The van der Waals surface area contributed by atoms with E-state index in [1.54, 1.807) is 7.11 Å². The van der Waals surface area contributed by atoms with E-state index in [0.717, 1.165) is 24.4 Å². The lowest BCUT2D eigenvalue weighted by atomic mass is 9.95. The molecule has 3 nitrogen and oxygen atoms in total. The molecule has 0 unspecified atom stereocenters. The minimum atomic E-state index is -0.328. The molecule has 98 valence electrons. The molecule has 0 bridgehead atoms. The highest BCUT2D eigenvalue weighted by atomic mass is 16.5. The molecule has 0 aliphatic carbocycles. The fraction of sp³-hybridized carbons (Fsp3) is 0.533. The van der Waals surface area contributed by atoms with Crippen LogP contribution >= 0.6 is 0 Å². The van der Waals surface area contributed by atoms with Gasteiger partial charge in [-0.1, -0.05) is 17.7 Å². The van der Waals surface area contributed by atoms with Crippen molar-refractivity contribution < 1.29 is 4.74 Å². The molecule has 0 aliphatic heterocycles. The van der Waals surface area contributed by atoms with Gasteiger partial charge in [-0.3, -0.25) is 0 Å². The Morgan fingerprint density at radius 1 is 1.39 bits per heavy atom. The largest absolute Gasteiger partial charge is 0.496 e. The molecule has 0 saturated carbocycles. The monoisotopic (exact) mass is 246 g/mol. The quantitative estimate of drug-likeness (QED) is 0.801. The Morgan fingerprint density at radius 3 is 2.61 bits per heavy atom. The average molecular weight is 246 g/mol. The van der Waals surface area contributed by atoms with Gasteiger partial charge in [-0.15, -0.1) is 0 Å². The highest BCUT2D eigenvalue weighted by molar-refractivity contribution is 5.36. The lowest BCUT2D eigenvalue weighted by Gasteiger charge is -2.25. The van der Waals surface area contributed by atoms with Crippen molar-refractivity contribution in [2.75, 3.05) is 20.7 Å². The van der Waals surface area contributed by atoms with Gasteiger partial charge in [-0.05, 0) is 33.9 Å². The van der Waals surface area contributed by atoms with Crippen LogP contribution in [0.25, 0.3) is 0 Å². The van der Waals surface area contributed by atoms with E-state index in [0.29, 0.717) is 0 Å². The Kier molecular flexibility index (Phi) is 4.75. The number of aryl methyl sites for hydroxylation is 1. The molecule has 18 heavy (non-hydrogen) atoms. The second-order valence-corrected chi connectivity index (χ2v) is 5.48. The van der Waals surface area contributed by atoms with E-state index in [1.807, 2.05) is 33.0 Å². The normalized spacial score (nSPS) is 11.4. The SMILES string of the molecule is COc1ccc(C)cc1CN(C)CC(C)(C)C#N. The van der Waals surface area contributed by atoms with E-state index in [1.165, 1.54) is 5.56 Å². The van der Waals surface area contributed by atoms with E-state index < -0.39 is 0 Å². The number of methoxy groups -OCH3 is 1. The minimum Gasteiger partial charge on any atom is -0.496 e. The fourth-order valence-corrected chi connectivity index (χ4v) is 2.09. The van der Waals surface area contributed by atoms with Crippen LogP contribution in [0.15, 0.2) is 18.2 Å². The summed E-state index contributed by atoms with van der Waals surface area (Å²) >= 11 is 0. The molecule has 0 spiro atoms. The van der Waals surface area contributed by atoms with Gasteiger partial charge in [-0.2, -0.15) is 5.26 Å². The Balaban J connectivity index is 2.79. The Hall–Kier alpha value is -1.53. The van der Waals surface area contributed by atoms with Crippen molar-refractivity contribution >= 4 is 0 Å². The first-order valence-electron chi connectivity index (χ1n) is 6.11. The van der Waals surface area contributed by atoms with E-state index >= 15 is 0 Å². The summed E-state index contributed by atoms with van der Waals surface area (Å²) < 4.78 is 5.37. The van der Waals surface area contributed by atoms with E-state index in [-0.39, 0.29) is 5.41 Å². The van der Waals surface area contributed by atoms with Crippen molar-refractivity contribution in [3.8, 4) is 11.8 Å². The third-order valence-electron chi connectivity index (χ3n) is 2.84. The topological polar surface area (TPSA) is 36.3 Å². The van der Waals surface area contributed by atoms with Gasteiger partial charge in [0.25, 0.3) is 0 Å². The molecule has 0 radical (unpaired) electrons. The van der Waals surface area contributed by atoms with Crippen molar-refractivity contribution in [3.05, 3.63) is 29.3 Å². The van der Waals surface area contributed by atoms with Crippen LogP contribution in [0.4, 0.5) is 0 Å². The molecule has 1 aromatic rings. The van der Waals surface area contributed by atoms with Crippen LogP contribution in [0, 0.1) is 23.7 Å². The van der Waals surface area contributed by atoms with Crippen molar-refractivity contribution in [1.82, 2.24) is 4.90 Å². The number of ether oxygens (including phenoxy) is 1. The lowest BCUT2D eigenvalue weighted by Crippen LogP contribution is -2.30. The third kappa shape index (κ3) is 4.05. The third-order valence-corrected chi connectivity index (χ3v) is 2.84. The molecule has 0 amide bonds. The van der Waals surface area contributed by atoms with Crippen LogP contribution in [-0.4, -0.2) is 25.6 Å².